The fourth-order valence-corrected chi connectivity index (χ4v) is 2.85. The van der Waals surface area contributed by atoms with Gasteiger partial charge in [-0.25, -0.2) is 4.79 Å². The molecular formula is C16H24N2O3. The third kappa shape index (κ3) is 3.47. The lowest BCUT2D eigenvalue weighted by atomic mass is 10.0. The maximum atomic E-state index is 11.9. The molecule has 2 N–H and O–H groups in total. The van der Waals surface area contributed by atoms with Gasteiger partial charge in [-0.1, -0.05) is 6.07 Å². The van der Waals surface area contributed by atoms with Gasteiger partial charge in [0.2, 0.25) is 0 Å². The molecule has 1 saturated heterocycles. The third-order valence-electron chi connectivity index (χ3n) is 3.49. The molecule has 1 heterocycles. The molecule has 1 fully saturated rings. The van der Waals surface area contributed by atoms with Crippen molar-refractivity contribution < 1.29 is 14.3 Å². The average Bonchev–Trinajstić information content (AvgIpc) is 2.36. The molecule has 5 nitrogen and oxygen atoms in total. The van der Waals surface area contributed by atoms with Gasteiger partial charge >= 0.3 is 5.97 Å². The molecule has 0 spiro atoms. The number of hydrogen-bond acceptors (Lipinski definition) is 5. The number of nitrogens with two attached hydrogens (primary N) is 1. The molecule has 5 heteroatoms. The Morgan fingerprint density at radius 3 is 2.86 bits per heavy atom. The minimum Gasteiger partial charge on any atom is -0.462 e. The van der Waals surface area contributed by atoms with E-state index in [-0.39, 0.29) is 17.7 Å². The summed E-state index contributed by atoms with van der Waals surface area (Å²) in [6.07, 6.45) is 0.111. The minimum atomic E-state index is -0.377. The maximum absolute atomic E-state index is 11.9. The number of nitrogens with zero attached hydrogens (tertiary/aromatic N) is 1. The van der Waals surface area contributed by atoms with Crippen molar-refractivity contribution in [2.24, 2.45) is 0 Å². The van der Waals surface area contributed by atoms with Crippen LogP contribution >= 0.6 is 0 Å². The van der Waals surface area contributed by atoms with Crippen LogP contribution in [0.3, 0.4) is 0 Å². The van der Waals surface area contributed by atoms with E-state index in [4.69, 9.17) is 15.2 Å². The molecule has 0 bridgehead atoms. The molecule has 1 atom stereocenters. The van der Waals surface area contributed by atoms with Crippen molar-refractivity contribution in [3.8, 4) is 0 Å². The highest BCUT2D eigenvalue weighted by Crippen LogP contribution is 2.32. The molecule has 1 aromatic carbocycles. The number of morpholine rings is 1. The molecule has 1 aromatic rings. The Kier molecular flexibility index (Phi) is 4.42. The molecule has 1 aliphatic heterocycles. The van der Waals surface area contributed by atoms with Gasteiger partial charge in [0.05, 0.1) is 35.3 Å². The molecular weight excluding hydrogens is 268 g/mol. The molecule has 21 heavy (non-hydrogen) atoms. The fraction of sp³-hybridized carbons (Fsp3) is 0.562. The van der Waals surface area contributed by atoms with Crippen LogP contribution in [0.2, 0.25) is 0 Å². The topological polar surface area (TPSA) is 64.8 Å². The number of carbonyl (C=O) groups excluding carboxylic acids is 1. The summed E-state index contributed by atoms with van der Waals surface area (Å²) in [5.41, 5.74) is 7.71. The van der Waals surface area contributed by atoms with E-state index in [9.17, 15) is 4.79 Å². The molecule has 0 radical (unpaired) electrons. The van der Waals surface area contributed by atoms with Crippen molar-refractivity contribution in [3.63, 3.8) is 0 Å². The van der Waals surface area contributed by atoms with E-state index in [1.807, 2.05) is 19.1 Å². The van der Waals surface area contributed by atoms with E-state index in [0.717, 1.165) is 18.8 Å². The van der Waals surface area contributed by atoms with Gasteiger partial charge in [-0.15, -0.1) is 0 Å². The normalized spacial score (nSPS) is 21.1. The van der Waals surface area contributed by atoms with Crippen molar-refractivity contribution in [1.82, 2.24) is 0 Å². The van der Waals surface area contributed by atoms with E-state index in [2.05, 4.69) is 18.7 Å². The summed E-state index contributed by atoms with van der Waals surface area (Å²) in [5, 5.41) is 0. The van der Waals surface area contributed by atoms with Crippen LogP contribution in [-0.4, -0.2) is 37.4 Å². The van der Waals surface area contributed by atoms with Gasteiger partial charge in [-0.2, -0.15) is 0 Å². The monoisotopic (exact) mass is 292 g/mol. The molecule has 0 aromatic heterocycles. The fourth-order valence-electron chi connectivity index (χ4n) is 2.85. The first kappa shape index (κ1) is 15.6. The Labute approximate surface area is 126 Å². The van der Waals surface area contributed by atoms with Crippen molar-refractivity contribution in [3.05, 3.63) is 23.8 Å². The first-order valence-corrected chi connectivity index (χ1v) is 7.32. The van der Waals surface area contributed by atoms with Gasteiger partial charge in [0.25, 0.3) is 0 Å². The van der Waals surface area contributed by atoms with E-state index in [0.29, 0.717) is 17.9 Å². The average molecular weight is 292 g/mol. The van der Waals surface area contributed by atoms with Crippen LogP contribution in [-0.2, 0) is 9.47 Å². The van der Waals surface area contributed by atoms with Crippen LogP contribution in [0.15, 0.2) is 18.2 Å². The van der Waals surface area contributed by atoms with Crippen LogP contribution in [0, 0.1) is 0 Å². The number of rotatable bonds is 3. The zero-order valence-corrected chi connectivity index (χ0v) is 13.2. The van der Waals surface area contributed by atoms with Crippen LogP contribution in [0.4, 0.5) is 11.4 Å². The maximum Gasteiger partial charge on any atom is 0.340 e. The number of carbonyl (C=O) groups is 1. The van der Waals surface area contributed by atoms with Crippen LogP contribution in [0.1, 0.15) is 38.1 Å². The first-order chi connectivity index (χ1) is 9.84. The number of benzene rings is 1. The molecule has 1 unspecified atom stereocenters. The number of para-hydroxylation sites is 1. The number of nitrogen functional groups attached to an aromatic ring is 1. The van der Waals surface area contributed by atoms with E-state index >= 15 is 0 Å². The zero-order valence-electron chi connectivity index (χ0n) is 13.2. The van der Waals surface area contributed by atoms with Crippen molar-refractivity contribution in [2.75, 3.05) is 30.3 Å². The van der Waals surface area contributed by atoms with E-state index in [1.165, 1.54) is 0 Å². The number of anilines is 2. The second kappa shape index (κ2) is 5.93. The number of hydrogen-bond donors (Lipinski definition) is 1. The van der Waals surface area contributed by atoms with Gasteiger partial charge in [-0.3, -0.25) is 0 Å². The Morgan fingerprint density at radius 2 is 2.24 bits per heavy atom. The predicted octanol–water partition coefficient (Wildman–Crippen LogP) is 2.45. The lowest BCUT2D eigenvalue weighted by Gasteiger charge is -2.43. The Morgan fingerprint density at radius 1 is 1.52 bits per heavy atom. The lowest BCUT2D eigenvalue weighted by molar-refractivity contribution is -0.0749. The second-order valence-corrected chi connectivity index (χ2v) is 6.03. The Hall–Kier alpha value is -1.75. The van der Waals surface area contributed by atoms with Gasteiger partial charge < -0.3 is 20.1 Å². The van der Waals surface area contributed by atoms with Gasteiger partial charge in [0, 0.05) is 13.1 Å². The minimum absolute atomic E-state index is 0.111. The molecule has 116 valence electrons. The SMILES string of the molecule is CCOC(=O)c1cccc(N2CC(C)OC(C)(C)C2)c1N. The highest BCUT2D eigenvalue weighted by atomic mass is 16.5. The first-order valence-electron chi connectivity index (χ1n) is 7.32. The van der Waals surface area contributed by atoms with Crippen LogP contribution < -0.4 is 10.6 Å². The molecule has 0 amide bonds. The standard InChI is InChI=1S/C16H24N2O3/c1-5-20-15(19)12-7-6-8-13(14(12)17)18-9-11(2)21-16(3,4)10-18/h6-8,11H,5,9-10,17H2,1-4H3. The van der Waals surface area contributed by atoms with E-state index in [1.54, 1.807) is 13.0 Å². The quantitative estimate of drug-likeness (QED) is 0.685. The second-order valence-electron chi connectivity index (χ2n) is 6.03. The van der Waals surface area contributed by atoms with Crippen molar-refractivity contribution in [1.29, 1.82) is 0 Å². The number of ether oxygens (including phenoxy) is 2. The summed E-state index contributed by atoms with van der Waals surface area (Å²) in [6, 6.07) is 5.48. The summed E-state index contributed by atoms with van der Waals surface area (Å²) in [7, 11) is 0. The summed E-state index contributed by atoms with van der Waals surface area (Å²) in [6.45, 7) is 9.75. The summed E-state index contributed by atoms with van der Waals surface area (Å²) < 4.78 is 11.0. The zero-order chi connectivity index (χ0) is 15.6. The van der Waals surface area contributed by atoms with Crippen molar-refractivity contribution >= 4 is 17.3 Å². The molecule has 1 aliphatic rings. The van der Waals surface area contributed by atoms with Crippen LogP contribution in [0.5, 0.6) is 0 Å². The van der Waals surface area contributed by atoms with Crippen LogP contribution in [0.25, 0.3) is 0 Å². The summed E-state index contributed by atoms with van der Waals surface area (Å²) in [5.74, 6) is -0.377. The largest absolute Gasteiger partial charge is 0.462 e. The van der Waals surface area contributed by atoms with Gasteiger partial charge in [0.1, 0.15) is 0 Å². The van der Waals surface area contributed by atoms with Gasteiger partial charge in [0.15, 0.2) is 0 Å². The lowest BCUT2D eigenvalue weighted by Crippen LogP contribution is -2.52. The highest BCUT2D eigenvalue weighted by molar-refractivity contribution is 5.98. The molecule has 2 rings (SSSR count). The molecule has 0 saturated carbocycles. The summed E-state index contributed by atoms with van der Waals surface area (Å²) >= 11 is 0. The Balaban J connectivity index is 2.32. The Bertz CT molecular complexity index is 528. The summed E-state index contributed by atoms with van der Waals surface area (Å²) in [4.78, 5) is 14.1. The van der Waals surface area contributed by atoms with Crippen molar-refractivity contribution in [2.45, 2.75) is 39.4 Å². The van der Waals surface area contributed by atoms with Gasteiger partial charge in [-0.05, 0) is 39.8 Å². The third-order valence-corrected chi connectivity index (χ3v) is 3.49. The number of esters is 1. The van der Waals surface area contributed by atoms with E-state index < -0.39 is 0 Å². The molecule has 0 aliphatic carbocycles. The highest BCUT2D eigenvalue weighted by Gasteiger charge is 2.32. The predicted molar refractivity (Wildman–Crippen MR) is 83.6 cm³/mol. The smallest absolute Gasteiger partial charge is 0.340 e.